The number of esters is 2. The smallest absolute Gasteiger partial charge is 0.337 e. The Hall–Kier alpha value is -2.63. The van der Waals surface area contributed by atoms with Crippen LogP contribution in [-0.2, 0) is 19.1 Å². The fourth-order valence-electron chi connectivity index (χ4n) is 3.23. The monoisotopic (exact) mass is 373 g/mol. The minimum Gasteiger partial charge on any atom is -0.465 e. The van der Waals surface area contributed by atoms with Crippen molar-refractivity contribution in [2.75, 3.05) is 13.7 Å². The molecule has 6 nitrogen and oxygen atoms in total. The van der Waals surface area contributed by atoms with Crippen molar-refractivity contribution in [1.29, 1.82) is 0 Å². The quantitative estimate of drug-likeness (QED) is 0.612. The van der Waals surface area contributed by atoms with Gasteiger partial charge in [0.05, 0.1) is 12.7 Å². The van der Waals surface area contributed by atoms with Crippen LogP contribution in [0.15, 0.2) is 30.3 Å². The van der Waals surface area contributed by atoms with Gasteiger partial charge < -0.3 is 14.8 Å². The molecule has 1 aromatic carbocycles. The number of methoxy groups -OCH3 is 1. The highest BCUT2D eigenvalue weighted by Gasteiger charge is 2.28. The highest BCUT2D eigenvalue weighted by Crippen LogP contribution is 2.29. The van der Waals surface area contributed by atoms with Gasteiger partial charge in [0.1, 0.15) is 0 Å². The van der Waals surface area contributed by atoms with Gasteiger partial charge in [-0.15, -0.1) is 0 Å². The third kappa shape index (κ3) is 6.24. The zero-order valence-corrected chi connectivity index (χ0v) is 16.1. The van der Waals surface area contributed by atoms with E-state index in [0.717, 1.165) is 18.4 Å². The Kier molecular flexibility index (Phi) is 7.58. The Morgan fingerprint density at radius 1 is 1.15 bits per heavy atom. The van der Waals surface area contributed by atoms with E-state index >= 15 is 0 Å². The lowest BCUT2D eigenvalue weighted by Crippen LogP contribution is -2.45. The van der Waals surface area contributed by atoms with Gasteiger partial charge in [0.2, 0.25) is 0 Å². The Morgan fingerprint density at radius 2 is 1.85 bits per heavy atom. The van der Waals surface area contributed by atoms with Crippen molar-refractivity contribution in [3.05, 3.63) is 41.5 Å². The van der Waals surface area contributed by atoms with Crippen LogP contribution in [0.2, 0.25) is 0 Å². The first kappa shape index (κ1) is 20.7. The number of benzene rings is 1. The summed E-state index contributed by atoms with van der Waals surface area (Å²) in [5, 5.41) is 2.97. The molecule has 0 radical (unpaired) electrons. The first-order chi connectivity index (χ1) is 12.9. The summed E-state index contributed by atoms with van der Waals surface area (Å²) >= 11 is 0. The second-order valence-corrected chi connectivity index (χ2v) is 7.00. The highest BCUT2D eigenvalue weighted by atomic mass is 16.5. The molecule has 0 bridgehead atoms. The van der Waals surface area contributed by atoms with E-state index in [4.69, 9.17) is 4.74 Å². The van der Waals surface area contributed by atoms with Crippen LogP contribution in [0, 0.1) is 11.8 Å². The molecule has 1 aromatic rings. The van der Waals surface area contributed by atoms with E-state index in [-0.39, 0.29) is 18.6 Å². The topological polar surface area (TPSA) is 81.7 Å². The maximum Gasteiger partial charge on any atom is 0.337 e. The summed E-state index contributed by atoms with van der Waals surface area (Å²) < 4.78 is 9.62. The summed E-state index contributed by atoms with van der Waals surface area (Å²) in [5.74, 6) is -0.277. The van der Waals surface area contributed by atoms with Crippen molar-refractivity contribution in [3.8, 4) is 0 Å². The normalized spacial score (nSPS) is 22.3. The standard InChI is InChI=1S/C21H27NO5/c1-14-5-4-6-18(15(14)2)22-19(23)13-27-20(24)12-9-16-7-10-17(11-8-16)21(25)26-3/h7-12,14-15,18H,4-6,13H2,1-3H3,(H,22,23)/b12-9+/t14-,15-,18-/m0/s1. The number of hydrogen-bond acceptors (Lipinski definition) is 5. The van der Waals surface area contributed by atoms with Crippen LogP contribution in [0.3, 0.4) is 0 Å². The van der Waals surface area contributed by atoms with Gasteiger partial charge in [0.25, 0.3) is 5.91 Å². The van der Waals surface area contributed by atoms with Gasteiger partial charge in [0.15, 0.2) is 6.61 Å². The minimum absolute atomic E-state index is 0.142. The van der Waals surface area contributed by atoms with E-state index in [1.165, 1.54) is 19.6 Å². The van der Waals surface area contributed by atoms with Crippen LogP contribution in [0.25, 0.3) is 6.08 Å². The molecule has 0 spiro atoms. The molecule has 1 aliphatic carbocycles. The predicted molar refractivity (Wildman–Crippen MR) is 102 cm³/mol. The average molecular weight is 373 g/mol. The van der Waals surface area contributed by atoms with E-state index in [2.05, 4.69) is 23.9 Å². The van der Waals surface area contributed by atoms with Gasteiger partial charge in [0, 0.05) is 12.1 Å². The van der Waals surface area contributed by atoms with Gasteiger partial charge in [-0.05, 0) is 42.0 Å². The molecular weight excluding hydrogens is 346 g/mol. The SMILES string of the molecule is COC(=O)c1ccc(/C=C/C(=O)OCC(=O)N[C@H]2CCC[C@H](C)[C@@H]2C)cc1. The molecule has 0 saturated heterocycles. The van der Waals surface area contributed by atoms with Gasteiger partial charge in [-0.3, -0.25) is 4.79 Å². The molecule has 2 rings (SSSR count). The molecule has 1 fully saturated rings. The highest BCUT2D eigenvalue weighted by molar-refractivity contribution is 5.91. The number of carbonyl (C=O) groups excluding carboxylic acids is 3. The van der Waals surface area contributed by atoms with Crippen LogP contribution >= 0.6 is 0 Å². The lowest BCUT2D eigenvalue weighted by Gasteiger charge is -2.34. The number of nitrogens with one attached hydrogen (secondary N) is 1. The molecule has 1 amide bonds. The molecule has 0 aliphatic heterocycles. The minimum atomic E-state index is -0.591. The molecular formula is C21H27NO5. The van der Waals surface area contributed by atoms with Crippen molar-refractivity contribution in [2.45, 2.75) is 39.2 Å². The molecule has 1 N–H and O–H groups in total. The van der Waals surface area contributed by atoms with Crippen molar-refractivity contribution in [3.63, 3.8) is 0 Å². The summed E-state index contributed by atoms with van der Waals surface area (Å²) in [6, 6.07) is 6.74. The van der Waals surface area contributed by atoms with Crippen LogP contribution in [-0.4, -0.2) is 37.6 Å². The van der Waals surface area contributed by atoms with Gasteiger partial charge in [-0.25, -0.2) is 9.59 Å². The zero-order chi connectivity index (χ0) is 19.8. The van der Waals surface area contributed by atoms with Crippen LogP contribution in [0.1, 0.15) is 49.0 Å². The van der Waals surface area contributed by atoms with E-state index in [0.29, 0.717) is 17.4 Å². The molecule has 6 heteroatoms. The molecule has 27 heavy (non-hydrogen) atoms. The molecule has 0 heterocycles. The third-order valence-corrected chi connectivity index (χ3v) is 5.14. The van der Waals surface area contributed by atoms with Crippen molar-refractivity contribution in [2.24, 2.45) is 11.8 Å². The van der Waals surface area contributed by atoms with Crippen LogP contribution in [0.5, 0.6) is 0 Å². The van der Waals surface area contributed by atoms with Crippen LogP contribution < -0.4 is 5.32 Å². The Bertz CT molecular complexity index is 695. The summed E-state index contributed by atoms with van der Waals surface area (Å²) in [6.45, 7) is 4.06. The van der Waals surface area contributed by atoms with E-state index in [9.17, 15) is 14.4 Å². The number of hydrogen-bond donors (Lipinski definition) is 1. The Labute approximate surface area is 159 Å². The fourth-order valence-corrected chi connectivity index (χ4v) is 3.23. The summed E-state index contributed by atoms with van der Waals surface area (Å²) in [5.41, 5.74) is 1.16. The van der Waals surface area contributed by atoms with Crippen molar-refractivity contribution in [1.82, 2.24) is 5.32 Å². The molecule has 0 aromatic heterocycles. The average Bonchev–Trinajstić information content (AvgIpc) is 2.68. The maximum absolute atomic E-state index is 12.0. The Balaban J connectivity index is 1.77. The maximum atomic E-state index is 12.0. The second-order valence-electron chi connectivity index (χ2n) is 7.00. The molecule has 0 unspecified atom stereocenters. The van der Waals surface area contributed by atoms with Crippen molar-refractivity contribution >= 4 is 23.9 Å². The third-order valence-electron chi connectivity index (χ3n) is 5.14. The first-order valence-electron chi connectivity index (χ1n) is 9.23. The van der Waals surface area contributed by atoms with E-state index in [1.807, 2.05) is 0 Å². The number of carbonyl (C=O) groups is 3. The number of amides is 1. The van der Waals surface area contributed by atoms with Gasteiger partial charge in [-0.2, -0.15) is 0 Å². The molecule has 1 saturated carbocycles. The first-order valence-corrected chi connectivity index (χ1v) is 9.23. The van der Waals surface area contributed by atoms with Crippen LogP contribution in [0.4, 0.5) is 0 Å². The van der Waals surface area contributed by atoms with Gasteiger partial charge in [-0.1, -0.05) is 38.8 Å². The lowest BCUT2D eigenvalue weighted by atomic mass is 9.78. The summed E-state index contributed by atoms with van der Waals surface area (Å²) in [7, 11) is 1.32. The van der Waals surface area contributed by atoms with E-state index in [1.54, 1.807) is 30.3 Å². The van der Waals surface area contributed by atoms with Crippen molar-refractivity contribution < 1.29 is 23.9 Å². The second kappa shape index (κ2) is 9.90. The Morgan fingerprint density at radius 3 is 2.52 bits per heavy atom. The molecule has 1 aliphatic rings. The summed E-state index contributed by atoms with van der Waals surface area (Å²) in [4.78, 5) is 35.2. The zero-order valence-electron chi connectivity index (χ0n) is 16.1. The summed E-state index contributed by atoms with van der Waals surface area (Å²) in [6.07, 6.45) is 6.08. The number of ether oxygens (including phenoxy) is 2. The predicted octanol–water partition coefficient (Wildman–Crippen LogP) is 2.97. The van der Waals surface area contributed by atoms with E-state index < -0.39 is 11.9 Å². The number of rotatable bonds is 6. The lowest BCUT2D eigenvalue weighted by molar-refractivity contribution is -0.144. The molecule has 146 valence electrons. The van der Waals surface area contributed by atoms with Gasteiger partial charge >= 0.3 is 11.9 Å². The largest absolute Gasteiger partial charge is 0.465 e. The fraction of sp³-hybridized carbons (Fsp3) is 0.476. The molecule has 3 atom stereocenters.